The van der Waals surface area contributed by atoms with E-state index in [9.17, 15) is 9.59 Å². The molecular weight excluding hydrogens is 439 g/mol. The fourth-order valence-corrected chi connectivity index (χ4v) is 2.87. The molecule has 0 saturated heterocycles. The number of amides is 2. The molecular formula is C19H23Cl3N4O3. The lowest BCUT2D eigenvalue weighted by Gasteiger charge is -2.12. The Morgan fingerprint density at radius 3 is 2.41 bits per heavy atom. The van der Waals surface area contributed by atoms with Crippen LogP contribution < -0.4 is 16.4 Å². The van der Waals surface area contributed by atoms with E-state index < -0.39 is 12.0 Å². The molecule has 1 aromatic heterocycles. The standard InChI is InChI=1S/C19H22Cl2N4O3.ClH/c20-16-10-13(11-17(21)25-16)12-28-18(26)15(22)8-4-5-9-23-19(27)24-14-6-2-1-3-7-14;/h1-3,6-7,10-11,15H,4-5,8-9,12,22H2,(H2,23,24,27);1H/t15-;/m0./s1. The third-order valence-electron chi connectivity index (χ3n) is 3.77. The molecule has 0 aliphatic carbocycles. The molecule has 1 atom stereocenters. The van der Waals surface area contributed by atoms with Crippen molar-refractivity contribution in [2.24, 2.45) is 5.73 Å². The number of nitrogens with one attached hydrogen (secondary N) is 2. The van der Waals surface area contributed by atoms with Crippen LogP contribution in [0.5, 0.6) is 0 Å². The van der Waals surface area contributed by atoms with E-state index in [0.717, 1.165) is 5.69 Å². The number of urea groups is 1. The van der Waals surface area contributed by atoms with Crippen molar-refractivity contribution in [3.63, 3.8) is 0 Å². The summed E-state index contributed by atoms with van der Waals surface area (Å²) in [7, 11) is 0. The number of para-hydroxylation sites is 1. The molecule has 7 nitrogen and oxygen atoms in total. The van der Waals surface area contributed by atoms with Gasteiger partial charge in [0.05, 0.1) is 0 Å². The third-order valence-corrected chi connectivity index (χ3v) is 4.15. The molecule has 2 aromatic rings. The van der Waals surface area contributed by atoms with E-state index in [0.29, 0.717) is 31.4 Å². The van der Waals surface area contributed by atoms with Crippen LogP contribution >= 0.6 is 35.6 Å². The van der Waals surface area contributed by atoms with Gasteiger partial charge in [0.15, 0.2) is 0 Å². The molecule has 0 saturated carbocycles. The van der Waals surface area contributed by atoms with Crippen molar-refractivity contribution in [1.82, 2.24) is 10.3 Å². The summed E-state index contributed by atoms with van der Waals surface area (Å²) in [6.07, 6.45) is 1.83. The highest BCUT2D eigenvalue weighted by atomic mass is 35.5. The number of halogens is 3. The van der Waals surface area contributed by atoms with Crippen molar-refractivity contribution >= 4 is 53.3 Å². The first kappa shape index (κ1) is 25.0. The fraction of sp³-hybridized carbons (Fsp3) is 0.316. The molecule has 1 aromatic carbocycles. The largest absolute Gasteiger partial charge is 0.460 e. The van der Waals surface area contributed by atoms with Gasteiger partial charge in [-0.3, -0.25) is 4.79 Å². The van der Waals surface area contributed by atoms with Crippen molar-refractivity contribution in [1.29, 1.82) is 0 Å². The van der Waals surface area contributed by atoms with Gasteiger partial charge in [-0.2, -0.15) is 0 Å². The predicted octanol–water partition coefficient (Wildman–Crippen LogP) is 4.17. The number of nitrogens with zero attached hydrogens (tertiary/aromatic N) is 1. The predicted molar refractivity (Wildman–Crippen MR) is 117 cm³/mol. The Morgan fingerprint density at radius 1 is 1.10 bits per heavy atom. The van der Waals surface area contributed by atoms with Crippen LogP contribution in [-0.4, -0.2) is 29.6 Å². The van der Waals surface area contributed by atoms with E-state index in [1.807, 2.05) is 18.2 Å². The molecule has 1 heterocycles. The van der Waals surface area contributed by atoms with Gasteiger partial charge in [0.2, 0.25) is 0 Å². The normalized spacial score (nSPS) is 11.1. The Bertz CT molecular complexity index is 773. The molecule has 10 heteroatoms. The Hall–Kier alpha value is -2.06. The summed E-state index contributed by atoms with van der Waals surface area (Å²) in [5.74, 6) is -0.501. The first-order valence-corrected chi connectivity index (χ1v) is 9.53. The van der Waals surface area contributed by atoms with Crippen LogP contribution in [0.1, 0.15) is 24.8 Å². The Morgan fingerprint density at radius 2 is 1.76 bits per heavy atom. The summed E-state index contributed by atoms with van der Waals surface area (Å²) in [4.78, 5) is 27.5. The van der Waals surface area contributed by atoms with Crippen LogP contribution in [0.3, 0.4) is 0 Å². The minimum atomic E-state index is -0.731. The Kier molecular flexibility index (Phi) is 11.4. The monoisotopic (exact) mass is 460 g/mol. The maximum absolute atomic E-state index is 12.0. The second kappa shape index (κ2) is 13.2. The number of unbranched alkanes of at least 4 members (excludes halogenated alkanes) is 1. The number of nitrogens with two attached hydrogens (primary N) is 1. The lowest BCUT2D eigenvalue weighted by molar-refractivity contribution is -0.146. The van der Waals surface area contributed by atoms with E-state index in [2.05, 4.69) is 15.6 Å². The van der Waals surface area contributed by atoms with Gasteiger partial charge in [-0.15, -0.1) is 12.4 Å². The molecule has 0 aliphatic rings. The minimum absolute atomic E-state index is 0. The number of aromatic nitrogens is 1. The Labute approximate surface area is 185 Å². The molecule has 2 amide bonds. The highest BCUT2D eigenvalue weighted by molar-refractivity contribution is 6.32. The van der Waals surface area contributed by atoms with Crippen LogP contribution in [0.2, 0.25) is 10.3 Å². The van der Waals surface area contributed by atoms with Crippen LogP contribution in [0.25, 0.3) is 0 Å². The fourth-order valence-electron chi connectivity index (χ4n) is 2.36. The molecule has 29 heavy (non-hydrogen) atoms. The number of carbonyl (C=O) groups is 2. The highest BCUT2D eigenvalue weighted by Gasteiger charge is 2.15. The Balaban J connectivity index is 0.00000420. The zero-order valence-electron chi connectivity index (χ0n) is 15.6. The highest BCUT2D eigenvalue weighted by Crippen LogP contribution is 2.15. The van der Waals surface area contributed by atoms with Gasteiger partial charge in [-0.05, 0) is 49.1 Å². The summed E-state index contributed by atoms with van der Waals surface area (Å²) in [5, 5.41) is 5.94. The summed E-state index contributed by atoms with van der Waals surface area (Å²) >= 11 is 11.6. The minimum Gasteiger partial charge on any atom is -0.460 e. The quantitative estimate of drug-likeness (QED) is 0.295. The van der Waals surface area contributed by atoms with Crippen LogP contribution in [0, 0.1) is 0 Å². The van der Waals surface area contributed by atoms with Gasteiger partial charge in [0.25, 0.3) is 0 Å². The van der Waals surface area contributed by atoms with Crippen molar-refractivity contribution in [3.05, 3.63) is 58.3 Å². The topological polar surface area (TPSA) is 106 Å². The maximum Gasteiger partial charge on any atom is 0.323 e. The summed E-state index contributed by atoms with van der Waals surface area (Å²) in [6, 6.07) is 11.3. The van der Waals surface area contributed by atoms with Gasteiger partial charge in [0.1, 0.15) is 23.0 Å². The van der Waals surface area contributed by atoms with E-state index in [4.69, 9.17) is 33.7 Å². The second-order valence-electron chi connectivity index (χ2n) is 6.08. The number of benzene rings is 1. The number of hydrogen-bond donors (Lipinski definition) is 3. The molecule has 0 radical (unpaired) electrons. The number of pyridine rings is 1. The van der Waals surface area contributed by atoms with E-state index >= 15 is 0 Å². The number of rotatable bonds is 9. The van der Waals surface area contributed by atoms with E-state index in [1.54, 1.807) is 24.3 Å². The molecule has 4 N–H and O–H groups in total. The summed E-state index contributed by atoms with van der Waals surface area (Å²) in [6.45, 7) is 0.504. The van der Waals surface area contributed by atoms with Crippen molar-refractivity contribution in [2.75, 3.05) is 11.9 Å². The number of ether oxygens (including phenoxy) is 1. The number of carbonyl (C=O) groups excluding carboxylic acids is 2. The zero-order chi connectivity index (χ0) is 20.4. The van der Waals surface area contributed by atoms with Crippen LogP contribution in [0.15, 0.2) is 42.5 Å². The average Bonchev–Trinajstić information content (AvgIpc) is 2.65. The molecule has 0 bridgehead atoms. The van der Waals surface area contributed by atoms with Gasteiger partial charge in [-0.1, -0.05) is 41.4 Å². The van der Waals surface area contributed by atoms with Crippen LogP contribution in [-0.2, 0) is 16.1 Å². The zero-order valence-corrected chi connectivity index (χ0v) is 17.9. The van der Waals surface area contributed by atoms with E-state index in [-0.39, 0.29) is 35.4 Å². The van der Waals surface area contributed by atoms with Crippen molar-refractivity contribution < 1.29 is 14.3 Å². The first-order valence-electron chi connectivity index (χ1n) is 8.78. The SMILES string of the molecule is Cl.N[C@@H](CCCCNC(=O)Nc1ccccc1)C(=O)OCc1cc(Cl)nc(Cl)c1. The van der Waals surface area contributed by atoms with Gasteiger partial charge < -0.3 is 21.1 Å². The average molecular weight is 462 g/mol. The van der Waals surface area contributed by atoms with E-state index in [1.165, 1.54) is 0 Å². The van der Waals surface area contributed by atoms with Gasteiger partial charge in [-0.25, -0.2) is 9.78 Å². The smallest absolute Gasteiger partial charge is 0.323 e. The molecule has 0 unspecified atom stereocenters. The first-order chi connectivity index (χ1) is 13.4. The molecule has 158 valence electrons. The third kappa shape index (κ3) is 9.80. The van der Waals surface area contributed by atoms with Gasteiger partial charge >= 0.3 is 12.0 Å². The number of hydrogen-bond acceptors (Lipinski definition) is 5. The molecule has 0 fully saturated rings. The van der Waals surface area contributed by atoms with Crippen molar-refractivity contribution in [2.45, 2.75) is 31.9 Å². The lowest BCUT2D eigenvalue weighted by Crippen LogP contribution is -2.33. The maximum atomic E-state index is 12.0. The second-order valence-corrected chi connectivity index (χ2v) is 6.85. The van der Waals surface area contributed by atoms with Crippen molar-refractivity contribution in [3.8, 4) is 0 Å². The molecule has 0 aliphatic heterocycles. The van der Waals surface area contributed by atoms with Gasteiger partial charge in [0, 0.05) is 12.2 Å². The lowest BCUT2D eigenvalue weighted by atomic mass is 10.1. The molecule has 0 spiro atoms. The number of anilines is 1. The number of esters is 1. The summed E-state index contributed by atoms with van der Waals surface area (Å²) in [5.41, 5.74) is 7.21. The van der Waals surface area contributed by atoms with Crippen LogP contribution in [0.4, 0.5) is 10.5 Å². The summed E-state index contributed by atoms with van der Waals surface area (Å²) < 4.78 is 5.17. The molecule has 2 rings (SSSR count).